The van der Waals surface area contributed by atoms with Gasteiger partial charge in [0.25, 0.3) is 5.56 Å². The molecule has 150 valence electrons. The minimum atomic E-state index is -0.374. The fourth-order valence-electron chi connectivity index (χ4n) is 3.26. The zero-order chi connectivity index (χ0) is 20.3. The van der Waals surface area contributed by atoms with Gasteiger partial charge in [0.2, 0.25) is 0 Å². The summed E-state index contributed by atoms with van der Waals surface area (Å²) in [5.74, 6) is 0.624. The van der Waals surface area contributed by atoms with Crippen LogP contribution < -0.4 is 5.56 Å². The Labute approximate surface area is 174 Å². The summed E-state index contributed by atoms with van der Waals surface area (Å²) < 4.78 is 0. The number of aromatic amines is 1. The second-order valence-corrected chi connectivity index (χ2v) is 8.61. The lowest BCUT2D eigenvalue weighted by Crippen LogP contribution is -2.38. The van der Waals surface area contributed by atoms with E-state index in [1.165, 1.54) is 11.3 Å². The molecule has 0 bridgehead atoms. The molecule has 0 spiro atoms. The van der Waals surface area contributed by atoms with Gasteiger partial charge in [-0.2, -0.15) is 0 Å². The predicted molar refractivity (Wildman–Crippen MR) is 117 cm³/mol. The van der Waals surface area contributed by atoms with Crippen LogP contribution in [0.4, 0.5) is 0 Å². The molecule has 0 aliphatic carbocycles. The van der Waals surface area contributed by atoms with Gasteiger partial charge in [-0.3, -0.25) is 9.69 Å². The van der Waals surface area contributed by atoms with E-state index in [9.17, 15) is 9.90 Å². The first-order chi connectivity index (χ1) is 13.4. The molecule has 3 aromatic rings. The number of hydrogen-bond acceptors (Lipinski definition) is 5. The van der Waals surface area contributed by atoms with Crippen molar-refractivity contribution < 1.29 is 5.11 Å². The average Bonchev–Trinajstić information content (AvgIpc) is 3.06. The van der Waals surface area contributed by atoms with Crippen LogP contribution >= 0.6 is 22.9 Å². The van der Waals surface area contributed by atoms with Crippen molar-refractivity contribution in [2.45, 2.75) is 52.3 Å². The summed E-state index contributed by atoms with van der Waals surface area (Å²) in [5, 5.41) is 13.4. The van der Waals surface area contributed by atoms with Gasteiger partial charge in [-0.15, -0.1) is 11.3 Å². The summed E-state index contributed by atoms with van der Waals surface area (Å²) in [5.41, 5.74) is 1.68. The third-order valence-electron chi connectivity index (χ3n) is 4.80. The van der Waals surface area contributed by atoms with Crippen LogP contribution in [0.3, 0.4) is 0 Å². The van der Waals surface area contributed by atoms with Crippen LogP contribution in [0.2, 0.25) is 5.02 Å². The lowest BCUT2D eigenvalue weighted by molar-refractivity contribution is 0.0828. The molecular weight excluding hydrogens is 394 g/mol. The van der Waals surface area contributed by atoms with E-state index in [0.29, 0.717) is 29.3 Å². The first-order valence-electron chi connectivity index (χ1n) is 9.57. The van der Waals surface area contributed by atoms with Gasteiger partial charge in [-0.05, 0) is 38.0 Å². The zero-order valence-corrected chi connectivity index (χ0v) is 18.0. The van der Waals surface area contributed by atoms with E-state index in [1.807, 2.05) is 29.6 Å². The van der Waals surface area contributed by atoms with Crippen LogP contribution in [-0.2, 0) is 6.54 Å². The van der Waals surface area contributed by atoms with Crippen LogP contribution in [0.1, 0.15) is 39.4 Å². The largest absolute Gasteiger partial charge is 0.392 e. The number of H-pyrrole nitrogens is 1. The average molecular weight is 420 g/mol. The maximum absolute atomic E-state index is 12.8. The molecule has 0 fully saturated rings. The molecule has 0 aliphatic heterocycles. The number of nitrogens with one attached hydrogen (secondary N) is 1. The van der Waals surface area contributed by atoms with Crippen molar-refractivity contribution in [1.82, 2.24) is 14.9 Å². The van der Waals surface area contributed by atoms with Gasteiger partial charge in [-0.25, -0.2) is 4.98 Å². The summed E-state index contributed by atoms with van der Waals surface area (Å²) in [6.07, 6.45) is 1.33. The highest BCUT2D eigenvalue weighted by Gasteiger charge is 2.18. The van der Waals surface area contributed by atoms with E-state index >= 15 is 0 Å². The van der Waals surface area contributed by atoms with E-state index in [-0.39, 0.29) is 17.7 Å². The van der Waals surface area contributed by atoms with Crippen LogP contribution in [0.5, 0.6) is 0 Å². The molecule has 0 aliphatic rings. The maximum Gasteiger partial charge on any atom is 0.260 e. The van der Waals surface area contributed by atoms with Gasteiger partial charge in [0.05, 0.1) is 18.0 Å². The number of aliphatic hydroxyl groups excluding tert-OH is 1. The van der Waals surface area contributed by atoms with E-state index < -0.39 is 0 Å². The van der Waals surface area contributed by atoms with E-state index in [4.69, 9.17) is 11.6 Å². The molecule has 1 atom stereocenters. The van der Waals surface area contributed by atoms with Gasteiger partial charge in [0.1, 0.15) is 10.7 Å². The number of thiophene rings is 1. The summed E-state index contributed by atoms with van der Waals surface area (Å²) >= 11 is 7.44. The minimum Gasteiger partial charge on any atom is -0.392 e. The summed E-state index contributed by atoms with van der Waals surface area (Å²) in [4.78, 5) is 23.3. The lowest BCUT2D eigenvalue weighted by atomic mass is 10.1. The van der Waals surface area contributed by atoms with Gasteiger partial charge >= 0.3 is 0 Å². The normalized spacial score (nSPS) is 13.0. The van der Waals surface area contributed by atoms with Crippen molar-refractivity contribution in [3.8, 4) is 11.1 Å². The minimum absolute atomic E-state index is 0.135. The molecule has 1 aromatic carbocycles. The number of aromatic nitrogens is 2. The molecule has 28 heavy (non-hydrogen) atoms. The van der Waals surface area contributed by atoms with Crippen molar-refractivity contribution >= 4 is 33.2 Å². The number of hydrogen-bond donors (Lipinski definition) is 2. The smallest absolute Gasteiger partial charge is 0.260 e. The Morgan fingerprint density at radius 1 is 1.29 bits per heavy atom. The molecule has 7 heteroatoms. The molecule has 0 radical (unpaired) electrons. The highest BCUT2D eigenvalue weighted by atomic mass is 35.5. The van der Waals surface area contributed by atoms with Gasteiger partial charge < -0.3 is 10.1 Å². The molecule has 0 saturated carbocycles. The van der Waals surface area contributed by atoms with Gasteiger partial charge in [0, 0.05) is 28.6 Å². The van der Waals surface area contributed by atoms with Crippen molar-refractivity contribution in [2.24, 2.45) is 0 Å². The second-order valence-electron chi connectivity index (χ2n) is 7.31. The zero-order valence-electron chi connectivity index (χ0n) is 16.4. The van der Waals surface area contributed by atoms with E-state index in [0.717, 1.165) is 28.8 Å². The topological polar surface area (TPSA) is 69.2 Å². The van der Waals surface area contributed by atoms with Crippen molar-refractivity contribution in [3.05, 3.63) is 50.8 Å². The van der Waals surface area contributed by atoms with Gasteiger partial charge in [0.15, 0.2) is 0 Å². The molecule has 2 N–H and O–H groups in total. The van der Waals surface area contributed by atoms with Crippen molar-refractivity contribution in [3.63, 3.8) is 0 Å². The monoisotopic (exact) mass is 419 g/mol. The summed E-state index contributed by atoms with van der Waals surface area (Å²) in [6.45, 7) is 7.29. The predicted octanol–water partition coefficient (Wildman–Crippen LogP) is 4.68. The Balaban J connectivity index is 1.90. The molecular formula is C21H26ClN3O2S. The fourth-order valence-corrected chi connectivity index (χ4v) is 4.35. The highest BCUT2D eigenvalue weighted by molar-refractivity contribution is 7.17. The third-order valence-corrected chi connectivity index (χ3v) is 5.92. The quantitative estimate of drug-likeness (QED) is 0.556. The second kappa shape index (κ2) is 9.18. The van der Waals surface area contributed by atoms with Crippen molar-refractivity contribution in [1.29, 1.82) is 0 Å². The van der Waals surface area contributed by atoms with Crippen LogP contribution in [0.15, 0.2) is 34.4 Å². The molecule has 2 heterocycles. The van der Waals surface area contributed by atoms with Crippen LogP contribution in [0, 0.1) is 0 Å². The van der Waals surface area contributed by atoms with Crippen molar-refractivity contribution in [2.75, 3.05) is 6.54 Å². The fraction of sp³-hybridized carbons (Fsp3) is 0.429. The number of nitrogens with zero attached hydrogens (tertiary/aromatic N) is 2. The first-order valence-corrected chi connectivity index (χ1v) is 10.8. The Kier molecular flexibility index (Phi) is 6.88. The number of halogens is 1. The highest BCUT2D eigenvalue weighted by Crippen LogP contribution is 2.31. The number of benzene rings is 1. The molecule has 5 nitrogen and oxygen atoms in total. The molecule has 3 rings (SSSR count). The third kappa shape index (κ3) is 4.81. The molecule has 1 unspecified atom stereocenters. The van der Waals surface area contributed by atoms with E-state index in [2.05, 4.69) is 35.6 Å². The Hall–Kier alpha value is -1.73. The van der Waals surface area contributed by atoms with E-state index in [1.54, 1.807) is 0 Å². The Bertz CT molecular complexity index is 981. The number of fused-ring (bicyclic) bond motifs is 1. The summed E-state index contributed by atoms with van der Waals surface area (Å²) in [7, 11) is 0. The first kappa shape index (κ1) is 21.0. The lowest BCUT2D eigenvalue weighted by Gasteiger charge is -2.28. The standard InChI is InChI=1S/C21H26ClN3O2S/c1-4-5-16(26)10-25(13(2)3)11-18-23-20(27)19-17(12-28-21(19)24-18)14-6-8-15(22)9-7-14/h6-9,12-13,16,26H,4-5,10-11H2,1-3H3,(H,23,24,27). The number of rotatable bonds is 8. The summed E-state index contributed by atoms with van der Waals surface area (Å²) in [6, 6.07) is 7.69. The molecule has 2 aromatic heterocycles. The van der Waals surface area contributed by atoms with Gasteiger partial charge in [-0.1, -0.05) is 37.1 Å². The Morgan fingerprint density at radius 2 is 2.00 bits per heavy atom. The Morgan fingerprint density at radius 3 is 2.64 bits per heavy atom. The van der Waals surface area contributed by atoms with Crippen LogP contribution in [0.25, 0.3) is 21.3 Å². The molecule has 0 saturated heterocycles. The SMILES string of the molecule is CCCC(O)CN(Cc1nc2scc(-c3ccc(Cl)cc3)c2c(=O)[nH]1)C(C)C. The maximum atomic E-state index is 12.8. The van der Waals surface area contributed by atoms with Crippen LogP contribution in [-0.4, -0.2) is 38.7 Å². The molecule has 0 amide bonds. The number of aliphatic hydroxyl groups is 1.